The monoisotopic (exact) mass is 303 g/mol. The molecule has 0 aliphatic heterocycles. The second-order valence-electron chi connectivity index (χ2n) is 4.79. The lowest BCUT2D eigenvalue weighted by Crippen LogP contribution is -2.26. The molecule has 0 fully saturated rings. The van der Waals surface area contributed by atoms with Crippen LogP contribution < -0.4 is 10.3 Å². The van der Waals surface area contributed by atoms with Crippen molar-refractivity contribution in [3.63, 3.8) is 0 Å². The van der Waals surface area contributed by atoms with Crippen LogP contribution in [-0.2, 0) is 4.57 Å². The Balaban J connectivity index is 3.13. The molecule has 4 N–H and O–H groups in total. The van der Waals surface area contributed by atoms with Crippen molar-refractivity contribution in [2.24, 2.45) is 0 Å². The van der Waals surface area contributed by atoms with Crippen LogP contribution in [0.2, 0.25) is 0 Å². The number of carbonyl (C=O) groups excluding carboxylic acids is 1. The Morgan fingerprint density at radius 1 is 1.35 bits per heavy atom. The molecule has 0 aromatic heterocycles. The minimum absolute atomic E-state index is 0.0107. The summed E-state index contributed by atoms with van der Waals surface area (Å²) in [4.78, 5) is 33.5. The number of phenolic OH excluding ortho intramolecular Hbond substituents is 1. The maximum absolute atomic E-state index is 11.1. The van der Waals surface area contributed by atoms with Crippen LogP contribution in [0, 0.1) is 13.8 Å². The molecule has 1 amide bonds. The summed E-state index contributed by atoms with van der Waals surface area (Å²) >= 11 is 0. The molecule has 0 aliphatic rings. The standard InChI is InChI=1S/C12H18NO6P/c1-6(2)10-8(4)11(14)7(3)5-9(10)19-13-12(15)20(16,17)18/h5-6,14H,1-4H3,(H,13,15)(H2,16,17,18). The third-order valence-corrected chi connectivity index (χ3v) is 3.46. The second-order valence-corrected chi connectivity index (χ2v) is 6.28. The van der Waals surface area contributed by atoms with Crippen LogP contribution >= 0.6 is 7.60 Å². The van der Waals surface area contributed by atoms with Gasteiger partial charge in [-0.05, 0) is 37.0 Å². The normalized spacial score (nSPS) is 11.6. The molecule has 0 saturated heterocycles. The molecule has 8 heteroatoms. The fourth-order valence-electron chi connectivity index (χ4n) is 1.91. The lowest BCUT2D eigenvalue weighted by Gasteiger charge is -2.18. The molecule has 1 rings (SSSR count). The van der Waals surface area contributed by atoms with Gasteiger partial charge in [0.2, 0.25) is 0 Å². The van der Waals surface area contributed by atoms with Gasteiger partial charge in [0, 0.05) is 5.56 Å². The Kier molecular flexibility index (Phi) is 4.81. The summed E-state index contributed by atoms with van der Waals surface area (Å²) in [6.45, 7) is 7.10. The van der Waals surface area contributed by atoms with Gasteiger partial charge in [0.15, 0.2) is 5.75 Å². The van der Waals surface area contributed by atoms with Gasteiger partial charge in [-0.15, -0.1) is 0 Å². The lowest BCUT2D eigenvalue weighted by atomic mass is 9.94. The van der Waals surface area contributed by atoms with E-state index in [1.165, 1.54) is 6.07 Å². The second kappa shape index (κ2) is 5.83. The van der Waals surface area contributed by atoms with Crippen LogP contribution in [-0.4, -0.2) is 20.5 Å². The number of amides is 1. The van der Waals surface area contributed by atoms with Crippen LogP contribution in [0.4, 0.5) is 4.79 Å². The van der Waals surface area contributed by atoms with Crippen molar-refractivity contribution in [1.82, 2.24) is 5.48 Å². The van der Waals surface area contributed by atoms with Gasteiger partial charge in [-0.1, -0.05) is 13.8 Å². The molecule has 1 aromatic carbocycles. The number of benzene rings is 1. The van der Waals surface area contributed by atoms with Crippen LogP contribution in [0.3, 0.4) is 0 Å². The summed E-state index contributed by atoms with van der Waals surface area (Å²) in [5.41, 5.74) is 1.99. The predicted molar refractivity (Wildman–Crippen MR) is 72.9 cm³/mol. The number of hydroxylamine groups is 1. The van der Waals surface area contributed by atoms with Gasteiger partial charge < -0.3 is 19.7 Å². The molecule has 0 saturated carbocycles. The van der Waals surface area contributed by atoms with Crippen LogP contribution in [0.1, 0.15) is 36.5 Å². The van der Waals surface area contributed by atoms with Gasteiger partial charge in [-0.3, -0.25) is 4.79 Å². The van der Waals surface area contributed by atoms with Gasteiger partial charge in [0.1, 0.15) is 5.75 Å². The van der Waals surface area contributed by atoms with E-state index in [1.54, 1.807) is 19.3 Å². The first-order chi connectivity index (χ1) is 9.05. The third kappa shape index (κ3) is 3.50. The number of nitrogens with one attached hydrogen (secondary N) is 1. The highest BCUT2D eigenvalue weighted by Crippen LogP contribution is 2.38. The van der Waals surface area contributed by atoms with Crippen LogP contribution in [0.15, 0.2) is 6.07 Å². The number of aryl methyl sites for hydroxylation is 1. The van der Waals surface area contributed by atoms with Crippen LogP contribution in [0.25, 0.3) is 0 Å². The number of rotatable bonds is 4. The van der Waals surface area contributed by atoms with Crippen molar-refractivity contribution in [1.29, 1.82) is 0 Å². The van der Waals surface area contributed by atoms with Gasteiger partial charge in [0.05, 0.1) is 0 Å². The summed E-state index contributed by atoms with van der Waals surface area (Å²) in [6, 6.07) is 1.50. The van der Waals surface area contributed by atoms with E-state index in [0.29, 0.717) is 16.7 Å². The lowest BCUT2D eigenvalue weighted by molar-refractivity contribution is 0.187. The summed E-state index contributed by atoms with van der Waals surface area (Å²) in [7, 11) is -4.89. The third-order valence-electron chi connectivity index (χ3n) is 2.84. The zero-order valence-corrected chi connectivity index (χ0v) is 12.6. The average molecular weight is 303 g/mol. The smallest absolute Gasteiger partial charge is 0.416 e. The Morgan fingerprint density at radius 2 is 1.90 bits per heavy atom. The van der Waals surface area contributed by atoms with E-state index in [4.69, 9.17) is 14.6 Å². The van der Waals surface area contributed by atoms with E-state index in [9.17, 15) is 14.5 Å². The molecule has 0 bridgehead atoms. The zero-order valence-electron chi connectivity index (χ0n) is 11.7. The number of aromatic hydroxyl groups is 1. The fraction of sp³-hybridized carbons (Fsp3) is 0.417. The van der Waals surface area contributed by atoms with Crippen molar-refractivity contribution in [3.8, 4) is 11.5 Å². The quantitative estimate of drug-likeness (QED) is 0.501. The summed E-state index contributed by atoms with van der Waals surface area (Å²) < 4.78 is 10.7. The highest BCUT2D eigenvalue weighted by atomic mass is 31.2. The average Bonchev–Trinajstić information content (AvgIpc) is 2.31. The minimum atomic E-state index is -4.89. The highest BCUT2D eigenvalue weighted by molar-refractivity contribution is 7.69. The Hall–Kier alpha value is -1.56. The molecular weight excluding hydrogens is 285 g/mol. The summed E-state index contributed by atoms with van der Waals surface area (Å²) in [5, 5.41) is 9.90. The summed E-state index contributed by atoms with van der Waals surface area (Å²) in [6.07, 6.45) is 0. The Bertz CT molecular complexity index is 578. The molecule has 7 nitrogen and oxygen atoms in total. The summed E-state index contributed by atoms with van der Waals surface area (Å²) in [5.74, 6) is 0.362. The first-order valence-electron chi connectivity index (χ1n) is 5.91. The Morgan fingerprint density at radius 3 is 2.35 bits per heavy atom. The van der Waals surface area contributed by atoms with Crippen molar-refractivity contribution in [3.05, 3.63) is 22.8 Å². The van der Waals surface area contributed by atoms with E-state index < -0.39 is 13.2 Å². The van der Waals surface area contributed by atoms with E-state index in [0.717, 1.165) is 0 Å². The van der Waals surface area contributed by atoms with Crippen molar-refractivity contribution in [2.45, 2.75) is 33.6 Å². The van der Waals surface area contributed by atoms with Crippen molar-refractivity contribution < 1.29 is 29.1 Å². The number of carbonyl (C=O) groups is 1. The molecule has 20 heavy (non-hydrogen) atoms. The molecule has 0 radical (unpaired) electrons. The predicted octanol–water partition coefficient (Wildman–Crippen LogP) is 2.31. The fourth-order valence-corrected chi connectivity index (χ4v) is 2.08. The van der Waals surface area contributed by atoms with Crippen molar-refractivity contribution in [2.75, 3.05) is 0 Å². The SMILES string of the molecule is Cc1cc(ONC(=O)P(=O)(O)O)c(C(C)C)c(C)c1O. The molecule has 0 spiro atoms. The number of phenols is 1. The van der Waals surface area contributed by atoms with Crippen molar-refractivity contribution >= 4 is 13.2 Å². The molecule has 0 aliphatic carbocycles. The van der Waals surface area contributed by atoms with E-state index in [1.807, 2.05) is 13.8 Å². The van der Waals surface area contributed by atoms with Gasteiger partial charge >= 0.3 is 13.2 Å². The van der Waals surface area contributed by atoms with E-state index >= 15 is 0 Å². The first-order valence-corrected chi connectivity index (χ1v) is 7.53. The topological polar surface area (TPSA) is 116 Å². The van der Waals surface area contributed by atoms with E-state index in [-0.39, 0.29) is 17.4 Å². The van der Waals surface area contributed by atoms with Gasteiger partial charge in [-0.25, -0.2) is 4.57 Å². The van der Waals surface area contributed by atoms with Gasteiger partial charge in [-0.2, -0.15) is 5.48 Å². The maximum atomic E-state index is 11.1. The highest BCUT2D eigenvalue weighted by Gasteiger charge is 2.27. The molecule has 0 heterocycles. The molecule has 112 valence electrons. The zero-order chi connectivity index (χ0) is 15.7. The minimum Gasteiger partial charge on any atom is -0.507 e. The molecule has 1 aromatic rings. The molecule has 0 atom stereocenters. The largest absolute Gasteiger partial charge is 0.507 e. The molecule has 0 unspecified atom stereocenters. The number of hydrogen-bond donors (Lipinski definition) is 4. The first kappa shape index (κ1) is 16.5. The van der Waals surface area contributed by atoms with E-state index in [2.05, 4.69) is 0 Å². The van der Waals surface area contributed by atoms with Crippen LogP contribution in [0.5, 0.6) is 11.5 Å². The number of hydrogen-bond acceptors (Lipinski definition) is 4. The maximum Gasteiger partial charge on any atom is 0.416 e. The van der Waals surface area contributed by atoms with Gasteiger partial charge in [0.25, 0.3) is 0 Å². The Labute approximate surface area is 116 Å². The molecular formula is C12H18NO6P.